The maximum absolute atomic E-state index is 6.19. The molecule has 0 aliphatic heterocycles. The van der Waals surface area contributed by atoms with Crippen molar-refractivity contribution in [1.82, 2.24) is 5.32 Å². The molecule has 6 heteroatoms. The molecule has 0 fully saturated rings. The van der Waals surface area contributed by atoms with Gasteiger partial charge in [0.15, 0.2) is 0 Å². The van der Waals surface area contributed by atoms with Gasteiger partial charge in [0.05, 0.1) is 12.8 Å². The van der Waals surface area contributed by atoms with Gasteiger partial charge in [0.1, 0.15) is 18.1 Å². The molecule has 0 unspecified atom stereocenters. The Hall–Kier alpha value is -1.65. The minimum Gasteiger partial charge on any atom is -0.489 e. The molecule has 25 heavy (non-hydrogen) atoms. The van der Waals surface area contributed by atoms with Crippen LogP contribution in [0.15, 0.2) is 59.2 Å². The number of hydrogen-bond donors (Lipinski definition) is 1. The Bertz CT molecular complexity index is 835. The highest BCUT2D eigenvalue weighted by atomic mass is 35.5. The van der Waals surface area contributed by atoms with Gasteiger partial charge >= 0.3 is 0 Å². The molecule has 0 bridgehead atoms. The van der Waals surface area contributed by atoms with E-state index in [4.69, 9.17) is 44.0 Å². The van der Waals surface area contributed by atoms with Crippen LogP contribution in [-0.4, -0.2) is 0 Å². The predicted molar refractivity (Wildman–Crippen MR) is 101 cm³/mol. The monoisotopic (exact) mass is 395 g/mol. The Balaban J connectivity index is 1.65. The van der Waals surface area contributed by atoms with E-state index in [2.05, 4.69) is 5.32 Å². The summed E-state index contributed by atoms with van der Waals surface area (Å²) in [6, 6.07) is 14.7. The van der Waals surface area contributed by atoms with Crippen molar-refractivity contribution in [2.75, 3.05) is 0 Å². The molecule has 2 aromatic carbocycles. The summed E-state index contributed by atoms with van der Waals surface area (Å²) in [5.74, 6) is 1.62. The van der Waals surface area contributed by atoms with E-state index < -0.39 is 0 Å². The van der Waals surface area contributed by atoms with Crippen LogP contribution in [0.3, 0.4) is 0 Å². The van der Waals surface area contributed by atoms with E-state index in [-0.39, 0.29) is 0 Å². The molecular formula is C19H16Cl3NO2. The standard InChI is InChI=1S/C19H16Cl3NO2/c20-15-5-6-19(25-12-13-3-4-16(21)9-18(13)22)14(8-15)10-23-11-17-2-1-7-24-17/h1-9,23H,10-12H2. The van der Waals surface area contributed by atoms with Gasteiger partial charge in [-0.1, -0.05) is 40.9 Å². The lowest BCUT2D eigenvalue weighted by Crippen LogP contribution is -2.13. The smallest absolute Gasteiger partial charge is 0.124 e. The van der Waals surface area contributed by atoms with Crippen LogP contribution >= 0.6 is 34.8 Å². The van der Waals surface area contributed by atoms with Crippen LogP contribution in [-0.2, 0) is 19.7 Å². The Labute approximate surface area is 161 Å². The summed E-state index contributed by atoms with van der Waals surface area (Å²) in [5.41, 5.74) is 1.83. The van der Waals surface area contributed by atoms with Crippen molar-refractivity contribution in [2.24, 2.45) is 0 Å². The van der Waals surface area contributed by atoms with Crippen LogP contribution in [0, 0.1) is 0 Å². The van der Waals surface area contributed by atoms with E-state index in [0.717, 1.165) is 22.6 Å². The number of hydrogen-bond acceptors (Lipinski definition) is 3. The molecule has 0 atom stereocenters. The van der Waals surface area contributed by atoms with E-state index in [1.165, 1.54) is 0 Å². The SMILES string of the molecule is Clc1ccc(COc2ccc(Cl)cc2CNCc2ccco2)c(Cl)c1. The highest BCUT2D eigenvalue weighted by molar-refractivity contribution is 6.35. The Kier molecular flexibility index (Phi) is 6.27. The van der Waals surface area contributed by atoms with Crippen LogP contribution in [0.5, 0.6) is 5.75 Å². The van der Waals surface area contributed by atoms with Crippen molar-refractivity contribution in [3.63, 3.8) is 0 Å². The van der Waals surface area contributed by atoms with E-state index in [9.17, 15) is 0 Å². The third kappa shape index (κ3) is 5.16. The van der Waals surface area contributed by atoms with Gasteiger partial charge in [0.25, 0.3) is 0 Å². The zero-order valence-electron chi connectivity index (χ0n) is 13.3. The first-order chi connectivity index (χ1) is 12.1. The largest absolute Gasteiger partial charge is 0.489 e. The summed E-state index contributed by atoms with van der Waals surface area (Å²) >= 11 is 18.2. The van der Waals surface area contributed by atoms with E-state index in [1.54, 1.807) is 24.5 Å². The molecule has 0 aliphatic rings. The van der Waals surface area contributed by atoms with Crippen LogP contribution in [0.1, 0.15) is 16.9 Å². The molecular weight excluding hydrogens is 381 g/mol. The summed E-state index contributed by atoms with van der Waals surface area (Å²) in [5, 5.41) is 5.15. The maximum Gasteiger partial charge on any atom is 0.124 e. The molecule has 1 N–H and O–H groups in total. The molecule has 0 spiro atoms. The van der Waals surface area contributed by atoms with Crippen LogP contribution in [0.4, 0.5) is 0 Å². The third-order valence-corrected chi connectivity index (χ3v) is 4.44. The lowest BCUT2D eigenvalue weighted by atomic mass is 10.2. The topological polar surface area (TPSA) is 34.4 Å². The number of nitrogens with one attached hydrogen (secondary N) is 1. The van der Waals surface area contributed by atoms with Gasteiger partial charge in [0, 0.05) is 32.7 Å². The molecule has 130 valence electrons. The van der Waals surface area contributed by atoms with Crippen molar-refractivity contribution in [3.8, 4) is 5.75 Å². The average Bonchev–Trinajstić information content (AvgIpc) is 3.09. The van der Waals surface area contributed by atoms with Crippen molar-refractivity contribution in [1.29, 1.82) is 0 Å². The molecule has 0 aliphatic carbocycles. The van der Waals surface area contributed by atoms with Gasteiger partial charge in [-0.3, -0.25) is 0 Å². The lowest BCUT2D eigenvalue weighted by molar-refractivity contribution is 0.302. The number of ether oxygens (including phenoxy) is 1. The Morgan fingerprint density at radius 1 is 0.880 bits per heavy atom. The fraction of sp³-hybridized carbons (Fsp3) is 0.158. The summed E-state index contributed by atoms with van der Waals surface area (Å²) < 4.78 is 11.2. The molecule has 0 saturated carbocycles. The van der Waals surface area contributed by atoms with Crippen LogP contribution in [0.25, 0.3) is 0 Å². The number of benzene rings is 2. The zero-order chi connectivity index (χ0) is 17.6. The van der Waals surface area contributed by atoms with E-state index in [0.29, 0.717) is 34.8 Å². The highest BCUT2D eigenvalue weighted by Crippen LogP contribution is 2.26. The van der Waals surface area contributed by atoms with Gasteiger partial charge in [-0.05, 0) is 42.5 Å². The van der Waals surface area contributed by atoms with Crippen LogP contribution in [0.2, 0.25) is 15.1 Å². The average molecular weight is 397 g/mol. The number of halogens is 3. The van der Waals surface area contributed by atoms with Crippen molar-refractivity contribution >= 4 is 34.8 Å². The first-order valence-electron chi connectivity index (χ1n) is 7.70. The molecule has 1 aromatic heterocycles. The third-order valence-electron chi connectivity index (χ3n) is 3.62. The fourth-order valence-electron chi connectivity index (χ4n) is 2.35. The van der Waals surface area contributed by atoms with Gasteiger partial charge < -0.3 is 14.5 Å². The molecule has 3 rings (SSSR count). The van der Waals surface area contributed by atoms with Crippen molar-refractivity contribution < 1.29 is 9.15 Å². The normalized spacial score (nSPS) is 10.8. The first-order valence-corrected chi connectivity index (χ1v) is 8.83. The molecule has 0 amide bonds. The molecule has 0 radical (unpaired) electrons. The second kappa shape index (κ2) is 8.63. The predicted octanol–water partition coefficient (Wildman–Crippen LogP) is 6.11. The first kappa shape index (κ1) is 18.2. The minimum absolute atomic E-state index is 0.350. The number of furan rings is 1. The van der Waals surface area contributed by atoms with E-state index >= 15 is 0 Å². The summed E-state index contributed by atoms with van der Waals surface area (Å²) in [6.07, 6.45) is 1.65. The van der Waals surface area contributed by atoms with Gasteiger partial charge in [-0.2, -0.15) is 0 Å². The quantitative estimate of drug-likeness (QED) is 0.523. The van der Waals surface area contributed by atoms with Crippen LogP contribution < -0.4 is 10.1 Å². The molecule has 3 nitrogen and oxygen atoms in total. The Morgan fingerprint density at radius 2 is 1.68 bits per heavy atom. The zero-order valence-corrected chi connectivity index (χ0v) is 15.5. The molecule has 0 saturated heterocycles. The van der Waals surface area contributed by atoms with Crippen molar-refractivity contribution in [2.45, 2.75) is 19.7 Å². The minimum atomic E-state index is 0.350. The summed E-state index contributed by atoms with van der Waals surface area (Å²) in [4.78, 5) is 0. The lowest BCUT2D eigenvalue weighted by Gasteiger charge is -2.13. The molecule has 3 aromatic rings. The fourth-order valence-corrected chi connectivity index (χ4v) is 3.01. The van der Waals surface area contributed by atoms with Gasteiger partial charge in [0.2, 0.25) is 0 Å². The number of rotatable bonds is 7. The second-order valence-corrected chi connectivity index (χ2v) is 6.74. The Morgan fingerprint density at radius 3 is 2.44 bits per heavy atom. The maximum atomic E-state index is 6.19. The highest BCUT2D eigenvalue weighted by Gasteiger charge is 2.08. The summed E-state index contributed by atoms with van der Waals surface area (Å²) in [6.45, 7) is 1.58. The van der Waals surface area contributed by atoms with Gasteiger partial charge in [-0.25, -0.2) is 0 Å². The van der Waals surface area contributed by atoms with Crippen molar-refractivity contribution in [3.05, 3.63) is 86.7 Å². The summed E-state index contributed by atoms with van der Waals surface area (Å²) in [7, 11) is 0. The molecule has 1 heterocycles. The van der Waals surface area contributed by atoms with Gasteiger partial charge in [-0.15, -0.1) is 0 Å². The second-order valence-electron chi connectivity index (χ2n) is 5.46. The van der Waals surface area contributed by atoms with E-state index in [1.807, 2.05) is 30.3 Å².